The number of ether oxygens (including phenoxy) is 1. The van der Waals surface area contributed by atoms with Gasteiger partial charge in [-0.15, -0.1) is 0 Å². The van der Waals surface area contributed by atoms with Crippen molar-refractivity contribution in [1.29, 1.82) is 0 Å². The highest BCUT2D eigenvalue weighted by molar-refractivity contribution is 6.07. The first-order valence-electron chi connectivity index (χ1n) is 7.74. The molecule has 1 unspecified atom stereocenters. The molecule has 1 aromatic heterocycles. The number of hydrogen-bond acceptors (Lipinski definition) is 4. The van der Waals surface area contributed by atoms with Gasteiger partial charge in [0.2, 0.25) is 5.88 Å². The average Bonchev–Trinajstić information content (AvgIpc) is 2.93. The monoisotopic (exact) mass is 326 g/mol. The minimum Gasteiger partial charge on any atom is -0.481 e. The summed E-state index contributed by atoms with van der Waals surface area (Å²) in [5.41, 5.74) is 1.49. The number of fused-ring (bicyclic) bond motifs is 1. The first-order chi connectivity index (χ1) is 11.5. The van der Waals surface area contributed by atoms with Crippen molar-refractivity contribution in [2.45, 2.75) is 25.9 Å². The van der Waals surface area contributed by atoms with Crippen molar-refractivity contribution in [2.24, 2.45) is 0 Å². The number of hydrogen-bond donors (Lipinski definition) is 1. The minimum absolute atomic E-state index is 0.0493. The lowest BCUT2D eigenvalue weighted by Crippen LogP contribution is -2.32. The van der Waals surface area contributed by atoms with Gasteiger partial charge in [0.25, 0.3) is 5.91 Å². The van der Waals surface area contributed by atoms with Crippen molar-refractivity contribution >= 4 is 17.6 Å². The number of para-hydroxylation sites is 1. The van der Waals surface area contributed by atoms with Crippen LogP contribution in [-0.2, 0) is 4.79 Å². The summed E-state index contributed by atoms with van der Waals surface area (Å²) in [6.07, 6.45) is -0.0493. The van der Waals surface area contributed by atoms with Gasteiger partial charge in [-0.2, -0.15) is 0 Å². The van der Waals surface area contributed by atoms with Crippen LogP contribution in [0.15, 0.2) is 42.5 Å². The summed E-state index contributed by atoms with van der Waals surface area (Å²) >= 11 is 0. The molecule has 1 N–H and O–H groups in total. The maximum Gasteiger partial charge on any atom is 0.312 e. The molecule has 6 heteroatoms. The normalized spacial score (nSPS) is 16.1. The molecule has 0 radical (unpaired) electrons. The molecule has 1 atom stereocenters. The molecule has 0 aliphatic carbocycles. The average molecular weight is 326 g/mol. The molecule has 3 rings (SSSR count). The van der Waals surface area contributed by atoms with Crippen molar-refractivity contribution in [3.8, 4) is 5.88 Å². The predicted molar refractivity (Wildman–Crippen MR) is 88.5 cm³/mol. The third-order valence-electron chi connectivity index (χ3n) is 3.81. The second-order valence-corrected chi connectivity index (χ2v) is 5.89. The maximum absolute atomic E-state index is 12.8. The number of pyridine rings is 1. The van der Waals surface area contributed by atoms with Gasteiger partial charge in [-0.25, -0.2) is 4.98 Å². The van der Waals surface area contributed by atoms with Crippen molar-refractivity contribution in [2.75, 3.05) is 11.4 Å². The molecule has 0 bridgehead atoms. The number of carboxylic acid groups (broad SMARTS) is 1. The minimum atomic E-state index is -0.942. The molecular weight excluding hydrogens is 308 g/mol. The Balaban J connectivity index is 1.92. The summed E-state index contributed by atoms with van der Waals surface area (Å²) in [5, 5.41) is 9.40. The number of carbonyl (C=O) groups is 2. The quantitative estimate of drug-likeness (QED) is 0.934. The van der Waals surface area contributed by atoms with Gasteiger partial charge in [-0.3, -0.25) is 9.59 Å². The largest absolute Gasteiger partial charge is 0.481 e. The first kappa shape index (κ1) is 16.0. The summed E-state index contributed by atoms with van der Waals surface area (Å²) in [5.74, 6) is -1.62. The van der Waals surface area contributed by atoms with Crippen molar-refractivity contribution in [3.05, 3.63) is 53.7 Å². The van der Waals surface area contributed by atoms with Gasteiger partial charge in [0, 0.05) is 18.3 Å². The molecule has 0 saturated heterocycles. The molecule has 6 nitrogen and oxygen atoms in total. The Hall–Kier alpha value is -2.89. The van der Waals surface area contributed by atoms with E-state index in [2.05, 4.69) is 4.98 Å². The van der Waals surface area contributed by atoms with Crippen LogP contribution < -0.4 is 9.64 Å². The van der Waals surface area contributed by atoms with Crippen LogP contribution in [-0.4, -0.2) is 34.6 Å². The zero-order valence-electron chi connectivity index (χ0n) is 13.5. The number of aliphatic carboxylic acids is 1. The van der Waals surface area contributed by atoms with E-state index in [9.17, 15) is 14.7 Å². The van der Waals surface area contributed by atoms with E-state index in [1.807, 2.05) is 13.8 Å². The van der Waals surface area contributed by atoms with E-state index in [1.165, 1.54) is 4.90 Å². The number of rotatable bonds is 4. The summed E-state index contributed by atoms with van der Waals surface area (Å²) < 4.78 is 5.52. The van der Waals surface area contributed by atoms with Gasteiger partial charge in [0.1, 0.15) is 11.6 Å². The zero-order valence-corrected chi connectivity index (χ0v) is 13.5. The number of aromatic nitrogens is 1. The Kier molecular flexibility index (Phi) is 4.20. The number of nitrogens with zero attached hydrogens (tertiary/aromatic N) is 2. The number of anilines is 1. The van der Waals surface area contributed by atoms with Crippen molar-refractivity contribution < 1.29 is 19.4 Å². The van der Waals surface area contributed by atoms with Gasteiger partial charge < -0.3 is 14.7 Å². The summed E-state index contributed by atoms with van der Waals surface area (Å²) in [6, 6.07) is 12.1. The van der Waals surface area contributed by atoms with E-state index in [1.54, 1.807) is 42.5 Å². The third-order valence-corrected chi connectivity index (χ3v) is 3.81. The fourth-order valence-corrected chi connectivity index (χ4v) is 2.79. The molecule has 2 heterocycles. The summed E-state index contributed by atoms with van der Waals surface area (Å²) in [6.45, 7) is 3.86. The standard InChI is InChI=1S/C18H18N2O4/c1-11(2)24-16-9-5-7-14(19-16)17(21)20-10-13(18(22)23)12-6-3-4-8-15(12)20/h3-9,11,13H,10H2,1-2H3,(H,22,23). The van der Waals surface area contributed by atoms with Crippen molar-refractivity contribution in [1.82, 2.24) is 4.98 Å². The fraction of sp³-hybridized carbons (Fsp3) is 0.278. The summed E-state index contributed by atoms with van der Waals surface area (Å²) in [7, 11) is 0. The van der Waals surface area contributed by atoms with Gasteiger partial charge in [-0.1, -0.05) is 24.3 Å². The van der Waals surface area contributed by atoms with Crippen LogP contribution in [0.2, 0.25) is 0 Å². The van der Waals surface area contributed by atoms with Crippen LogP contribution in [0, 0.1) is 0 Å². The highest BCUT2D eigenvalue weighted by atomic mass is 16.5. The predicted octanol–water partition coefficient (Wildman–Crippen LogP) is 2.70. The Morgan fingerprint density at radius 2 is 1.96 bits per heavy atom. The molecule has 2 aromatic rings. The molecule has 1 aliphatic rings. The van der Waals surface area contributed by atoms with E-state index in [0.717, 1.165) is 0 Å². The van der Waals surface area contributed by atoms with Gasteiger partial charge in [-0.05, 0) is 31.5 Å². The lowest BCUT2D eigenvalue weighted by atomic mass is 10.0. The van der Waals surface area contributed by atoms with Crippen LogP contribution in [0.5, 0.6) is 5.88 Å². The Bertz CT molecular complexity index is 788. The van der Waals surface area contributed by atoms with Crippen LogP contribution in [0.1, 0.15) is 35.8 Å². The molecule has 0 saturated carbocycles. The van der Waals surface area contributed by atoms with Crippen LogP contribution in [0.4, 0.5) is 5.69 Å². The second kappa shape index (κ2) is 6.31. The van der Waals surface area contributed by atoms with Gasteiger partial charge in [0.05, 0.1) is 6.10 Å². The number of amides is 1. The van der Waals surface area contributed by atoms with E-state index in [-0.39, 0.29) is 24.2 Å². The maximum atomic E-state index is 12.8. The molecule has 24 heavy (non-hydrogen) atoms. The highest BCUT2D eigenvalue weighted by Crippen LogP contribution is 2.37. The second-order valence-electron chi connectivity index (χ2n) is 5.89. The third kappa shape index (κ3) is 2.95. The van der Waals surface area contributed by atoms with E-state index >= 15 is 0 Å². The number of carboxylic acids is 1. The molecule has 1 aromatic carbocycles. The highest BCUT2D eigenvalue weighted by Gasteiger charge is 2.37. The number of benzene rings is 1. The Morgan fingerprint density at radius 1 is 1.21 bits per heavy atom. The van der Waals surface area contributed by atoms with E-state index < -0.39 is 11.9 Å². The van der Waals surface area contributed by atoms with Crippen LogP contribution in [0.3, 0.4) is 0 Å². The summed E-state index contributed by atoms with van der Waals surface area (Å²) in [4.78, 5) is 30.0. The van der Waals surface area contributed by atoms with Gasteiger partial charge >= 0.3 is 5.97 Å². The zero-order chi connectivity index (χ0) is 17.3. The molecule has 1 amide bonds. The smallest absolute Gasteiger partial charge is 0.312 e. The first-order valence-corrected chi connectivity index (χ1v) is 7.74. The Morgan fingerprint density at radius 3 is 2.67 bits per heavy atom. The molecule has 0 fully saturated rings. The molecule has 0 spiro atoms. The molecule has 1 aliphatic heterocycles. The topological polar surface area (TPSA) is 79.7 Å². The van der Waals surface area contributed by atoms with E-state index in [0.29, 0.717) is 17.1 Å². The van der Waals surface area contributed by atoms with Gasteiger partial charge in [0.15, 0.2) is 0 Å². The van der Waals surface area contributed by atoms with Crippen LogP contribution >= 0.6 is 0 Å². The lowest BCUT2D eigenvalue weighted by molar-refractivity contribution is -0.138. The fourth-order valence-electron chi connectivity index (χ4n) is 2.79. The molecule has 124 valence electrons. The van der Waals surface area contributed by atoms with Crippen molar-refractivity contribution in [3.63, 3.8) is 0 Å². The van der Waals surface area contributed by atoms with E-state index in [4.69, 9.17) is 4.74 Å². The molecular formula is C18H18N2O4. The SMILES string of the molecule is CC(C)Oc1cccc(C(=O)N2CC(C(=O)O)c3ccccc32)n1. The lowest BCUT2D eigenvalue weighted by Gasteiger charge is -2.17. The van der Waals surface area contributed by atoms with Crippen LogP contribution in [0.25, 0.3) is 0 Å². The Labute approximate surface area is 139 Å². The number of carbonyl (C=O) groups excluding carboxylic acids is 1.